The molecule has 2 saturated heterocycles. The van der Waals surface area contributed by atoms with Crippen LogP contribution in [0, 0.1) is 0 Å². The van der Waals surface area contributed by atoms with Gasteiger partial charge in [-0.2, -0.15) is 0 Å². The molecule has 0 unspecified atom stereocenters. The van der Waals surface area contributed by atoms with Gasteiger partial charge in [0.25, 0.3) is 0 Å². The first-order valence-electron chi connectivity index (χ1n) is 20.0. The second-order valence-corrected chi connectivity index (χ2v) is 21.3. The standard InChI is InChI=1S/C44H61NO13Si/c1-28(46)45-36-39(37(48)34(56-42(36)49)26-51-23-32-19-21-33(50-6)22-20-32)58-43-41(55-29(2)47)40(53-25-31-17-13-10-14-18-31)38(52-24-30-15-11-9-12-16-30)35(57-43)27-54-59(7,8)44(3,4)5/h9-22,34-43,48-49H,23-27H2,1-8H3,(H,45,46)/t34-,35-,36-,37-,38-,39-,40+,41-,42-,43+/m1/s1. The number of amides is 1. The number of carbonyl (C=O) groups is 2. The average molecular weight is 840 g/mol. The second-order valence-electron chi connectivity index (χ2n) is 16.5. The Kier molecular flexibility index (Phi) is 16.6. The third kappa shape index (κ3) is 12.9. The Morgan fingerprint density at radius 1 is 0.729 bits per heavy atom. The maximum atomic E-state index is 12.9. The third-order valence-corrected chi connectivity index (χ3v) is 15.4. The first-order chi connectivity index (χ1) is 28.1. The molecule has 3 aromatic rings. The summed E-state index contributed by atoms with van der Waals surface area (Å²) in [5, 5.41) is 25.7. The summed E-state index contributed by atoms with van der Waals surface area (Å²) >= 11 is 0. The topological polar surface area (TPSA) is 170 Å². The van der Waals surface area contributed by atoms with E-state index in [0.717, 1.165) is 16.7 Å². The third-order valence-electron chi connectivity index (χ3n) is 10.9. The highest BCUT2D eigenvalue weighted by molar-refractivity contribution is 6.74. The molecule has 0 aliphatic carbocycles. The van der Waals surface area contributed by atoms with Crippen LogP contribution in [0.3, 0.4) is 0 Å². The number of aliphatic hydroxyl groups is 2. The Morgan fingerprint density at radius 3 is 1.85 bits per heavy atom. The highest BCUT2D eigenvalue weighted by Crippen LogP contribution is 2.39. The zero-order chi connectivity index (χ0) is 42.7. The fraction of sp³-hybridized carbons (Fsp3) is 0.545. The van der Waals surface area contributed by atoms with Gasteiger partial charge in [0.2, 0.25) is 5.91 Å². The van der Waals surface area contributed by atoms with E-state index < -0.39 is 81.5 Å². The molecule has 2 aliphatic rings. The number of carbonyl (C=O) groups excluding carboxylic acids is 2. The smallest absolute Gasteiger partial charge is 0.303 e. The minimum atomic E-state index is -2.37. The summed E-state index contributed by atoms with van der Waals surface area (Å²) in [6.45, 7) is 13.6. The number of hydrogen-bond acceptors (Lipinski definition) is 13. The number of hydrogen-bond donors (Lipinski definition) is 3. The molecule has 0 saturated carbocycles. The van der Waals surface area contributed by atoms with Crippen LogP contribution < -0.4 is 10.1 Å². The molecule has 15 heteroatoms. The van der Waals surface area contributed by atoms with E-state index in [2.05, 4.69) is 39.2 Å². The highest BCUT2D eigenvalue weighted by Gasteiger charge is 2.54. The maximum Gasteiger partial charge on any atom is 0.303 e. The van der Waals surface area contributed by atoms with E-state index in [1.165, 1.54) is 13.8 Å². The molecule has 1 amide bonds. The van der Waals surface area contributed by atoms with Crippen LogP contribution in [0.15, 0.2) is 84.9 Å². The molecule has 10 atom stereocenters. The van der Waals surface area contributed by atoms with Crippen LogP contribution in [0.2, 0.25) is 18.1 Å². The molecule has 0 bridgehead atoms. The summed E-state index contributed by atoms with van der Waals surface area (Å²) in [7, 11) is -0.786. The van der Waals surface area contributed by atoms with Crippen LogP contribution in [0.5, 0.6) is 5.75 Å². The lowest BCUT2D eigenvalue weighted by Crippen LogP contribution is -2.68. The molecule has 0 aromatic heterocycles. The minimum absolute atomic E-state index is 0.0731. The van der Waals surface area contributed by atoms with Crippen LogP contribution in [0.4, 0.5) is 0 Å². The predicted octanol–water partition coefficient (Wildman–Crippen LogP) is 5.03. The fourth-order valence-electron chi connectivity index (χ4n) is 6.66. The summed E-state index contributed by atoms with van der Waals surface area (Å²) in [5.41, 5.74) is 2.61. The van der Waals surface area contributed by atoms with Gasteiger partial charge in [0, 0.05) is 13.8 Å². The van der Waals surface area contributed by atoms with Gasteiger partial charge in [-0.1, -0.05) is 93.6 Å². The van der Waals surface area contributed by atoms with Crippen molar-refractivity contribution in [1.82, 2.24) is 5.32 Å². The molecule has 2 aliphatic heterocycles. The van der Waals surface area contributed by atoms with E-state index in [1.807, 2.05) is 72.8 Å². The van der Waals surface area contributed by atoms with Gasteiger partial charge in [0.05, 0.1) is 40.1 Å². The first-order valence-corrected chi connectivity index (χ1v) is 22.9. The van der Waals surface area contributed by atoms with Gasteiger partial charge in [-0.3, -0.25) is 9.59 Å². The number of methoxy groups -OCH3 is 1. The molecule has 0 spiro atoms. The van der Waals surface area contributed by atoms with Crippen LogP contribution in [-0.2, 0) is 67.0 Å². The lowest BCUT2D eigenvalue weighted by Gasteiger charge is -2.49. The van der Waals surface area contributed by atoms with Gasteiger partial charge in [-0.05, 0) is 47.0 Å². The maximum absolute atomic E-state index is 12.9. The number of ether oxygens (including phenoxy) is 8. The van der Waals surface area contributed by atoms with Gasteiger partial charge in [0.1, 0.15) is 48.4 Å². The van der Waals surface area contributed by atoms with Crippen LogP contribution >= 0.6 is 0 Å². The zero-order valence-corrected chi connectivity index (χ0v) is 36.3. The number of esters is 1. The van der Waals surface area contributed by atoms with Crippen molar-refractivity contribution < 1.29 is 62.1 Å². The summed E-state index contributed by atoms with van der Waals surface area (Å²) in [6, 6.07) is 25.2. The molecular formula is C44H61NO13Si. The highest BCUT2D eigenvalue weighted by atomic mass is 28.4. The Labute approximate surface area is 348 Å². The van der Waals surface area contributed by atoms with Crippen molar-refractivity contribution in [3.8, 4) is 5.75 Å². The molecule has 2 heterocycles. The average Bonchev–Trinajstić information content (AvgIpc) is 3.20. The lowest BCUT2D eigenvalue weighted by molar-refractivity contribution is -0.350. The molecule has 59 heavy (non-hydrogen) atoms. The Morgan fingerprint density at radius 2 is 1.31 bits per heavy atom. The summed E-state index contributed by atoms with van der Waals surface area (Å²) in [6.07, 6.45) is -10.9. The minimum Gasteiger partial charge on any atom is -0.497 e. The normalized spacial score (nSPS) is 27.5. The van der Waals surface area contributed by atoms with Crippen molar-refractivity contribution >= 4 is 20.2 Å². The van der Waals surface area contributed by atoms with E-state index in [1.54, 1.807) is 19.2 Å². The molecule has 0 radical (unpaired) electrons. The van der Waals surface area contributed by atoms with Gasteiger partial charge < -0.3 is 57.9 Å². The molecular weight excluding hydrogens is 779 g/mol. The van der Waals surface area contributed by atoms with E-state index >= 15 is 0 Å². The number of benzene rings is 3. The van der Waals surface area contributed by atoms with E-state index in [-0.39, 0.29) is 38.1 Å². The number of aliphatic hydroxyl groups excluding tert-OH is 2. The molecule has 2 fully saturated rings. The number of nitrogens with one attached hydrogen (secondary N) is 1. The SMILES string of the molecule is COc1ccc(COC[C@H]2O[C@@H](O)[C@H](NC(C)=O)[C@@H](O[C@@H]3O[C@H](CO[Si](C)(C)C(C)(C)C)[C@@H](OCc4ccccc4)[C@H](OCc4ccccc4)[C@H]3OC(C)=O)[C@@H]2O)cc1. The van der Waals surface area contributed by atoms with E-state index in [4.69, 9.17) is 42.3 Å². The van der Waals surface area contributed by atoms with Crippen molar-refractivity contribution in [2.24, 2.45) is 0 Å². The summed E-state index contributed by atoms with van der Waals surface area (Å²) in [5.74, 6) is -0.457. The van der Waals surface area contributed by atoms with Gasteiger partial charge in [-0.15, -0.1) is 0 Å². The first kappa shape index (κ1) is 46.3. The quantitative estimate of drug-likeness (QED) is 0.115. The van der Waals surface area contributed by atoms with Crippen LogP contribution in [-0.4, -0.2) is 112 Å². The fourth-order valence-corrected chi connectivity index (χ4v) is 7.68. The second kappa shape index (κ2) is 21.2. The predicted molar refractivity (Wildman–Crippen MR) is 219 cm³/mol. The van der Waals surface area contributed by atoms with E-state index in [0.29, 0.717) is 5.75 Å². The Bertz CT molecular complexity index is 1740. The van der Waals surface area contributed by atoms with Crippen molar-refractivity contribution in [2.75, 3.05) is 20.3 Å². The molecule has 3 aromatic carbocycles. The van der Waals surface area contributed by atoms with Crippen molar-refractivity contribution in [1.29, 1.82) is 0 Å². The number of rotatable bonds is 18. The van der Waals surface area contributed by atoms with Gasteiger partial charge >= 0.3 is 5.97 Å². The largest absolute Gasteiger partial charge is 0.497 e. The van der Waals surface area contributed by atoms with Gasteiger partial charge in [0.15, 0.2) is 27.0 Å². The molecule has 324 valence electrons. The van der Waals surface area contributed by atoms with Crippen molar-refractivity contribution in [3.05, 3.63) is 102 Å². The van der Waals surface area contributed by atoms with Gasteiger partial charge in [-0.25, -0.2) is 0 Å². The Hall–Kier alpha value is -3.74. The lowest BCUT2D eigenvalue weighted by atomic mass is 9.95. The monoisotopic (exact) mass is 839 g/mol. The van der Waals surface area contributed by atoms with Crippen LogP contribution in [0.1, 0.15) is 51.3 Å². The summed E-state index contributed by atoms with van der Waals surface area (Å²) in [4.78, 5) is 25.4. The van der Waals surface area contributed by atoms with Crippen LogP contribution in [0.25, 0.3) is 0 Å². The molecule has 3 N–H and O–H groups in total. The molecule has 14 nitrogen and oxygen atoms in total. The van der Waals surface area contributed by atoms with Crippen molar-refractivity contribution in [2.45, 2.75) is 134 Å². The van der Waals surface area contributed by atoms with E-state index in [9.17, 15) is 19.8 Å². The van der Waals surface area contributed by atoms with Crippen molar-refractivity contribution in [3.63, 3.8) is 0 Å². The Balaban J connectivity index is 1.49. The molecule has 5 rings (SSSR count). The summed E-state index contributed by atoms with van der Waals surface area (Å²) < 4.78 is 56.4. The zero-order valence-electron chi connectivity index (χ0n) is 35.3.